The van der Waals surface area contributed by atoms with Crippen LogP contribution in [-0.4, -0.2) is 33.6 Å². The Labute approximate surface area is 168 Å². The van der Waals surface area contributed by atoms with Crippen LogP contribution in [0.25, 0.3) is 5.65 Å². The molecule has 0 radical (unpaired) electrons. The fourth-order valence-electron chi connectivity index (χ4n) is 3.89. The van der Waals surface area contributed by atoms with E-state index in [4.69, 9.17) is 4.98 Å². The standard InChI is InChI=1S/C22H24N4O3/c1-14-11-17(15(2)23-18-8-4-3-7-16(18)22(28)29)21-24-19(25-9-5-6-10-25)12-20(27)26(21)13-14/h3-4,7-8,11-13,15,23H,5-6,9-10H2,1-2H3,(H,28,29)/t15-/m0/s1. The van der Waals surface area contributed by atoms with Gasteiger partial charge in [0.05, 0.1) is 11.6 Å². The van der Waals surface area contributed by atoms with E-state index >= 15 is 0 Å². The molecule has 150 valence electrons. The van der Waals surface area contributed by atoms with E-state index in [2.05, 4.69) is 10.2 Å². The molecular formula is C22H24N4O3. The Hall–Kier alpha value is -3.35. The number of hydrogen-bond donors (Lipinski definition) is 2. The topological polar surface area (TPSA) is 86.9 Å². The van der Waals surface area contributed by atoms with Crippen molar-refractivity contribution in [3.63, 3.8) is 0 Å². The highest BCUT2D eigenvalue weighted by Crippen LogP contribution is 2.26. The number of rotatable bonds is 5. The maximum atomic E-state index is 12.8. The highest BCUT2D eigenvalue weighted by molar-refractivity contribution is 5.94. The maximum Gasteiger partial charge on any atom is 0.337 e. The first-order chi connectivity index (χ1) is 13.9. The van der Waals surface area contributed by atoms with Crippen LogP contribution in [0.2, 0.25) is 0 Å². The summed E-state index contributed by atoms with van der Waals surface area (Å²) in [4.78, 5) is 31.3. The third-order valence-corrected chi connectivity index (χ3v) is 5.34. The molecule has 0 aliphatic carbocycles. The predicted octanol–water partition coefficient (Wildman–Crippen LogP) is 3.47. The summed E-state index contributed by atoms with van der Waals surface area (Å²) in [6.45, 7) is 5.69. The number of pyridine rings is 1. The number of carboxylic acid groups (broad SMARTS) is 1. The van der Waals surface area contributed by atoms with Gasteiger partial charge in [0, 0.05) is 36.6 Å². The van der Waals surface area contributed by atoms with Gasteiger partial charge in [0.2, 0.25) is 0 Å². The Morgan fingerprint density at radius 2 is 1.93 bits per heavy atom. The van der Waals surface area contributed by atoms with Gasteiger partial charge in [0.1, 0.15) is 11.5 Å². The molecule has 0 saturated carbocycles. The van der Waals surface area contributed by atoms with Gasteiger partial charge in [-0.05, 0) is 50.5 Å². The molecule has 1 aromatic carbocycles. The summed E-state index contributed by atoms with van der Waals surface area (Å²) in [5, 5.41) is 12.7. The van der Waals surface area contributed by atoms with E-state index in [0.29, 0.717) is 17.2 Å². The van der Waals surface area contributed by atoms with Crippen molar-refractivity contribution in [3.8, 4) is 0 Å². The average molecular weight is 392 g/mol. The first kappa shape index (κ1) is 19.0. The molecule has 1 aliphatic rings. The van der Waals surface area contributed by atoms with Crippen LogP contribution in [0, 0.1) is 6.92 Å². The number of nitrogens with one attached hydrogen (secondary N) is 1. The second-order valence-electron chi connectivity index (χ2n) is 7.53. The normalized spacial score (nSPS) is 14.9. The van der Waals surface area contributed by atoms with Crippen molar-refractivity contribution >= 4 is 23.1 Å². The van der Waals surface area contributed by atoms with Gasteiger partial charge in [-0.3, -0.25) is 9.20 Å². The molecule has 3 heterocycles. The number of fused-ring (bicyclic) bond motifs is 1. The first-order valence-electron chi connectivity index (χ1n) is 9.82. The molecule has 1 atom stereocenters. The van der Waals surface area contributed by atoms with E-state index in [0.717, 1.165) is 37.1 Å². The molecule has 1 aliphatic heterocycles. The minimum atomic E-state index is -0.986. The Kier molecular flexibility index (Phi) is 4.96. The summed E-state index contributed by atoms with van der Waals surface area (Å²) in [5.74, 6) is -0.282. The first-order valence-corrected chi connectivity index (χ1v) is 9.82. The van der Waals surface area contributed by atoms with Gasteiger partial charge in [-0.15, -0.1) is 0 Å². The number of benzene rings is 1. The van der Waals surface area contributed by atoms with E-state index in [-0.39, 0.29) is 17.2 Å². The number of carbonyl (C=O) groups is 1. The zero-order valence-electron chi connectivity index (χ0n) is 16.6. The number of carboxylic acids is 1. The van der Waals surface area contributed by atoms with E-state index in [9.17, 15) is 14.7 Å². The second-order valence-corrected chi connectivity index (χ2v) is 7.53. The largest absolute Gasteiger partial charge is 0.478 e. The second kappa shape index (κ2) is 7.58. The van der Waals surface area contributed by atoms with Gasteiger partial charge in [0.15, 0.2) is 0 Å². The highest BCUT2D eigenvalue weighted by atomic mass is 16.4. The smallest absolute Gasteiger partial charge is 0.337 e. The Morgan fingerprint density at radius 1 is 1.21 bits per heavy atom. The van der Waals surface area contributed by atoms with E-state index in [1.807, 2.05) is 19.9 Å². The van der Waals surface area contributed by atoms with Gasteiger partial charge >= 0.3 is 5.97 Å². The van der Waals surface area contributed by atoms with Gasteiger partial charge in [-0.25, -0.2) is 9.78 Å². The van der Waals surface area contributed by atoms with Crippen LogP contribution in [-0.2, 0) is 0 Å². The van der Waals surface area contributed by atoms with E-state index in [1.54, 1.807) is 40.9 Å². The van der Waals surface area contributed by atoms with Crippen LogP contribution >= 0.6 is 0 Å². The van der Waals surface area contributed by atoms with Crippen molar-refractivity contribution in [2.24, 2.45) is 0 Å². The molecule has 29 heavy (non-hydrogen) atoms. The lowest BCUT2D eigenvalue weighted by atomic mass is 10.1. The van der Waals surface area contributed by atoms with Crippen molar-refractivity contribution in [1.29, 1.82) is 0 Å². The zero-order chi connectivity index (χ0) is 20.5. The van der Waals surface area contributed by atoms with Gasteiger partial charge in [-0.2, -0.15) is 0 Å². The molecule has 7 heteroatoms. The van der Waals surface area contributed by atoms with Crippen molar-refractivity contribution in [1.82, 2.24) is 9.38 Å². The van der Waals surface area contributed by atoms with Gasteiger partial charge in [-0.1, -0.05) is 12.1 Å². The van der Waals surface area contributed by atoms with Crippen LogP contribution in [0.4, 0.5) is 11.5 Å². The third-order valence-electron chi connectivity index (χ3n) is 5.34. The molecule has 0 unspecified atom stereocenters. The van der Waals surface area contributed by atoms with E-state index < -0.39 is 5.97 Å². The molecule has 4 rings (SSSR count). The third kappa shape index (κ3) is 3.68. The van der Waals surface area contributed by atoms with Crippen molar-refractivity contribution in [2.45, 2.75) is 32.7 Å². The Balaban J connectivity index is 1.80. The SMILES string of the molecule is Cc1cc([C@H](C)Nc2ccccc2C(=O)O)c2nc(N3CCCC3)cc(=O)n2c1. The fraction of sp³-hybridized carbons (Fsp3) is 0.318. The van der Waals surface area contributed by atoms with Crippen molar-refractivity contribution in [2.75, 3.05) is 23.3 Å². The van der Waals surface area contributed by atoms with Gasteiger partial charge < -0.3 is 15.3 Å². The van der Waals surface area contributed by atoms with Crippen LogP contribution in [0.15, 0.2) is 47.4 Å². The maximum absolute atomic E-state index is 12.8. The molecule has 1 saturated heterocycles. The van der Waals surface area contributed by atoms with E-state index in [1.165, 1.54) is 0 Å². The Bertz CT molecular complexity index is 1130. The quantitative estimate of drug-likeness (QED) is 0.691. The monoisotopic (exact) mass is 392 g/mol. The number of nitrogens with zero attached hydrogens (tertiary/aromatic N) is 3. The minimum absolute atomic E-state index is 0.111. The summed E-state index contributed by atoms with van der Waals surface area (Å²) in [7, 11) is 0. The number of para-hydroxylation sites is 1. The number of aryl methyl sites for hydroxylation is 1. The lowest BCUT2D eigenvalue weighted by molar-refractivity contribution is 0.0698. The number of aromatic carboxylic acids is 1. The summed E-state index contributed by atoms with van der Waals surface area (Å²) >= 11 is 0. The van der Waals surface area contributed by atoms with Crippen LogP contribution in [0.5, 0.6) is 0 Å². The molecule has 0 bridgehead atoms. The number of aromatic nitrogens is 2. The van der Waals surface area contributed by atoms with Crippen LogP contribution in [0.1, 0.15) is 47.3 Å². The lowest BCUT2D eigenvalue weighted by Gasteiger charge is -2.21. The Morgan fingerprint density at radius 3 is 2.66 bits per heavy atom. The molecule has 0 spiro atoms. The van der Waals surface area contributed by atoms with Crippen LogP contribution < -0.4 is 15.8 Å². The minimum Gasteiger partial charge on any atom is -0.478 e. The van der Waals surface area contributed by atoms with Gasteiger partial charge in [0.25, 0.3) is 5.56 Å². The molecule has 2 aromatic heterocycles. The molecule has 2 N–H and O–H groups in total. The van der Waals surface area contributed by atoms with Crippen molar-refractivity contribution in [3.05, 3.63) is 69.6 Å². The molecule has 0 amide bonds. The lowest BCUT2D eigenvalue weighted by Crippen LogP contribution is -2.25. The summed E-state index contributed by atoms with van der Waals surface area (Å²) < 4.78 is 1.57. The fourth-order valence-corrected chi connectivity index (χ4v) is 3.89. The zero-order valence-corrected chi connectivity index (χ0v) is 16.6. The molecule has 1 fully saturated rings. The van der Waals surface area contributed by atoms with Crippen molar-refractivity contribution < 1.29 is 9.90 Å². The average Bonchev–Trinajstić information content (AvgIpc) is 3.23. The number of anilines is 2. The summed E-state index contributed by atoms with van der Waals surface area (Å²) in [6, 6.07) is 10.2. The molecule has 3 aromatic rings. The summed E-state index contributed by atoms with van der Waals surface area (Å²) in [5.41, 5.74) is 3.01. The number of hydrogen-bond acceptors (Lipinski definition) is 5. The molecule has 7 nitrogen and oxygen atoms in total. The van der Waals surface area contributed by atoms with Crippen LogP contribution in [0.3, 0.4) is 0 Å². The predicted molar refractivity (Wildman–Crippen MR) is 113 cm³/mol. The highest BCUT2D eigenvalue weighted by Gasteiger charge is 2.19. The summed E-state index contributed by atoms with van der Waals surface area (Å²) in [6.07, 6.45) is 4.00. The molecular weight excluding hydrogens is 368 g/mol.